The summed E-state index contributed by atoms with van der Waals surface area (Å²) in [5, 5.41) is 3.29. The number of benzene rings is 1. The molecule has 24 heavy (non-hydrogen) atoms. The van der Waals surface area contributed by atoms with Crippen molar-refractivity contribution < 1.29 is 23.8 Å². The van der Waals surface area contributed by atoms with Crippen LogP contribution in [-0.2, 0) is 11.2 Å². The molecule has 0 spiro atoms. The number of rotatable bonds is 5. The van der Waals surface area contributed by atoms with E-state index >= 15 is 0 Å². The largest absolute Gasteiger partial charge is 0.462 e. The molecular weight excluding hydrogens is 330 g/mol. The van der Waals surface area contributed by atoms with Crippen LogP contribution in [0.15, 0.2) is 24.3 Å². The van der Waals surface area contributed by atoms with Gasteiger partial charge in [-0.25, -0.2) is 4.79 Å². The Balaban J connectivity index is 1.83. The topological polar surface area (TPSA) is 73.9 Å². The second-order valence-corrected chi connectivity index (χ2v) is 6.19. The Labute approximate surface area is 143 Å². The maximum absolute atomic E-state index is 12.5. The molecule has 1 aliphatic rings. The van der Waals surface area contributed by atoms with Crippen LogP contribution in [0.4, 0.5) is 5.00 Å². The standard InChI is InChI=1S/C17H17NO5S/c1-3-11-8-12(17(20)21-4-2)16(24-11)18-15(19)10-5-6-13-14(7-10)23-9-22-13/h5-8H,3-4,9H2,1-2H3,(H,18,19). The van der Waals surface area contributed by atoms with E-state index in [1.165, 1.54) is 11.3 Å². The lowest BCUT2D eigenvalue weighted by molar-refractivity contribution is 0.0528. The zero-order valence-corrected chi connectivity index (χ0v) is 14.2. The minimum atomic E-state index is -0.436. The number of ether oxygens (including phenoxy) is 3. The van der Waals surface area contributed by atoms with E-state index in [1.54, 1.807) is 31.2 Å². The molecule has 3 rings (SSSR count). The number of carbonyl (C=O) groups is 2. The number of carbonyl (C=O) groups excluding carboxylic acids is 2. The molecule has 1 aromatic carbocycles. The van der Waals surface area contributed by atoms with Crippen molar-refractivity contribution in [1.82, 2.24) is 0 Å². The molecule has 0 bridgehead atoms. The molecule has 0 atom stereocenters. The second kappa shape index (κ2) is 6.92. The van der Waals surface area contributed by atoms with E-state index in [0.29, 0.717) is 27.6 Å². The van der Waals surface area contributed by atoms with Gasteiger partial charge in [0.1, 0.15) is 5.00 Å². The summed E-state index contributed by atoms with van der Waals surface area (Å²) in [5.74, 6) is 0.398. The summed E-state index contributed by atoms with van der Waals surface area (Å²) >= 11 is 1.37. The minimum absolute atomic E-state index is 0.151. The van der Waals surface area contributed by atoms with Gasteiger partial charge in [0, 0.05) is 10.4 Å². The third-order valence-corrected chi connectivity index (χ3v) is 4.68. The molecule has 1 amide bonds. The van der Waals surface area contributed by atoms with Crippen molar-refractivity contribution in [2.75, 3.05) is 18.7 Å². The van der Waals surface area contributed by atoms with Crippen molar-refractivity contribution in [1.29, 1.82) is 0 Å². The van der Waals surface area contributed by atoms with E-state index in [1.807, 2.05) is 6.92 Å². The molecule has 0 fully saturated rings. The number of thiophene rings is 1. The molecule has 2 heterocycles. The number of aryl methyl sites for hydroxylation is 1. The predicted molar refractivity (Wildman–Crippen MR) is 90.2 cm³/mol. The summed E-state index contributed by atoms with van der Waals surface area (Å²) in [6.45, 7) is 4.17. The molecule has 0 aliphatic carbocycles. The molecule has 1 N–H and O–H groups in total. The maximum atomic E-state index is 12.5. The van der Waals surface area contributed by atoms with Gasteiger partial charge < -0.3 is 19.5 Å². The summed E-state index contributed by atoms with van der Waals surface area (Å²) in [4.78, 5) is 25.6. The van der Waals surface area contributed by atoms with Crippen LogP contribution in [0.5, 0.6) is 11.5 Å². The molecule has 2 aromatic rings. The molecule has 0 saturated carbocycles. The Morgan fingerprint density at radius 2 is 2.00 bits per heavy atom. The number of hydrogen-bond acceptors (Lipinski definition) is 6. The minimum Gasteiger partial charge on any atom is -0.462 e. The fraction of sp³-hybridized carbons (Fsp3) is 0.294. The monoisotopic (exact) mass is 347 g/mol. The predicted octanol–water partition coefficient (Wildman–Crippen LogP) is 3.47. The van der Waals surface area contributed by atoms with Crippen molar-refractivity contribution in [2.45, 2.75) is 20.3 Å². The van der Waals surface area contributed by atoms with Crippen LogP contribution in [0.25, 0.3) is 0 Å². The zero-order chi connectivity index (χ0) is 17.1. The van der Waals surface area contributed by atoms with Gasteiger partial charge in [-0.05, 0) is 37.6 Å². The first kappa shape index (κ1) is 16.3. The summed E-state index contributed by atoms with van der Waals surface area (Å²) in [6.07, 6.45) is 0.775. The molecule has 1 aromatic heterocycles. The second-order valence-electron chi connectivity index (χ2n) is 5.05. The van der Waals surface area contributed by atoms with E-state index < -0.39 is 5.97 Å². The Hall–Kier alpha value is -2.54. The molecular formula is C17H17NO5S. The first-order chi connectivity index (χ1) is 11.6. The van der Waals surface area contributed by atoms with Crippen molar-refractivity contribution in [3.05, 3.63) is 40.3 Å². The first-order valence-corrected chi connectivity index (χ1v) is 8.44. The summed E-state index contributed by atoms with van der Waals surface area (Å²) in [5.41, 5.74) is 0.813. The highest BCUT2D eigenvalue weighted by Gasteiger charge is 2.21. The normalized spacial score (nSPS) is 12.1. The van der Waals surface area contributed by atoms with Gasteiger partial charge in [0.25, 0.3) is 5.91 Å². The van der Waals surface area contributed by atoms with Crippen LogP contribution in [0.3, 0.4) is 0 Å². The van der Waals surface area contributed by atoms with Crippen molar-refractivity contribution in [3.63, 3.8) is 0 Å². The fourth-order valence-electron chi connectivity index (χ4n) is 2.28. The van der Waals surface area contributed by atoms with Gasteiger partial charge in [0.2, 0.25) is 6.79 Å². The van der Waals surface area contributed by atoms with E-state index in [2.05, 4.69) is 5.32 Å². The Kier molecular flexibility index (Phi) is 4.71. The molecule has 0 unspecified atom stereocenters. The van der Waals surface area contributed by atoms with Gasteiger partial charge in [-0.1, -0.05) is 6.92 Å². The molecule has 7 heteroatoms. The number of fused-ring (bicyclic) bond motifs is 1. The highest BCUT2D eigenvalue weighted by Crippen LogP contribution is 2.34. The smallest absolute Gasteiger partial charge is 0.341 e. The van der Waals surface area contributed by atoms with E-state index in [4.69, 9.17) is 14.2 Å². The molecule has 0 saturated heterocycles. The SMILES string of the molecule is CCOC(=O)c1cc(CC)sc1NC(=O)c1ccc2c(c1)OCO2. The highest BCUT2D eigenvalue weighted by molar-refractivity contribution is 7.16. The zero-order valence-electron chi connectivity index (χ0n) is 13.4. The van der Waals surface area contributed by atoms with Crippen LogP contribution in [-0.4, -0.2) is 25.3 Å². The van der Waals surface area contributed by atoms with Gasteiger partial charge in [0.15, 0.2) is 11.5 Å². The van der Waals surface area contributed by atoms with Crippen LogP contribution in [0, 0.1) is 0 Å². The first-order valence-electron chi connectivity index (χ1n) is 7.63. The number of nitrogens with one attached hydrogen (secondary N) is 1. The lowest BCUT2D eigenvalue weighted by Gasteiger charge is -2.06. The average molecular weight is 347 g/mol. The summed E-state index contributed by atoms with van der Waals surface area (Å²) in [7, 11) is 0. The van der Waals surface area contributed by atoms with Crippen LogP contribution in [0.2, 0.25) is 0 Å². The quantitative estimate of drug-likeness (QED) is 0.839. The van der Waals surface area contributed by atoms with Crippen molar-refractivity contribution in [3.8, 4) is 11.5 Å². The number of anilines is 1. The maximum Gasteiger partial charge on any atom is 0.341 e. The van der Waals surface area contributed by atoms with Crippen LogP contribution >= 0.6 is 11.3 Å². The Morgan fingerprint density at radius 1 is 1.21 bits per heavy atom. The van der Waals surface area contributed by atoms with Crippen molar-refractivity contribution in [2.24, 2.45) is 0 Å². The fourth-order valence-corrected chi connectivity index (χ4v) is 3.26. The Morgan fingerprint density at radius 3 is 2.75 bits per heavy atom. The summed E-state index contributed by atoms with van der Waals surface area (Å²) < 4.78 is 15.6. The third kappa shape index (κ3) is 3.21. The van der Waals surface area contributed by atoms with Crippen LogP contribution < -0.4 is 14.8 Å². The number of esters is 1. The molecule has 126 valence electrons. The number of amides is 1. The molecule has 6 nitrogen and oxygen atoms in total. The van der Waals surface area contributed by atoms with E-state index in [0.717, 1.165) is 11.3 Å². The third-order valence-electron chi connectivity index (χ3n) is 3.49. The van der Waals surface area contributed by atoms with Gasteiger partial charge in [-0.3, -0.25) is 4.79 Å². The number of hydrogen-bond donors (Lipinski definition) is 1. The summed E-state index contributed by atoms with van der Waals surface area (Å²) in [6, 6.07) is 6.73. The van der Waals surface area contributed by atoms with Gasteiger partial charge in [-0.2, -0.15) is 0 Å². The van der Waals surface area contributed by atoms with Gasteiger partial charge in [0.05, 0.1) is 12.2 Å². The lowest BCUT2D eigenvalue weighted by atomic mass is 10.2. The van der Waals surface area contributed by atoms with E-state index in [9.17, 15) is 9.59 Å². The van der Waals surface area contributed by atoms with Gasteiger partial charge in [-0.15, -0.1) is 11.3 Å². The highest BCUT2D eigenvalue weighted by atomic mass is 32.1. The van der Waals surface area contributed by atoms with Crippen molar-refractivity contribution >= 4 is 28.2 Å². The average Bonchev–Trinajstić information content (AvgIpc) is 3.20. The van der Waals surface area contributed by atoms with Crippen LogP contribution in [0.1, 0.15) is 39.4 Å². The Bertz CT molecular complexity index is 783. The van der Waals surface area contributed by atoms with Gasteiger partial charge >= 0.3 is 5.97 Å². The lowest BCUT2D eigenvalue weighted by Crippen LogP contribution is -2.14. The van der Waals surface area contributed by atoms with E-state index in [-0.39, 0.29) is 19.3 Å². The molecule has 0 radical (unpaired) electrons. The molecule has 1 aliphatic heterocycles.